The minimum absolute atomic E-state index is 0.193. The summed E-state index contributed by atoms with van der Waals surface area (Å²) in [5.41, 5.74) is 4.30. The fourth-order valence-electron chi connectivity index (χ4n) is 1.28. The van der Waals surface area contributed by atoms with Gasteiger partial charge in [-0.25, -0.2) is 0 Å². The van der Waals surface area contributed by atoms with Gasteiger partial charge in [-0.1, -0.05) is 18.2 Å². The van der Waals surface area contributed by atoms with Gasteiger partial charge in [0.25, 0.3) is 0 Å². The summed E-state index contributed by atoms with van der Waals surface area (Å²) in [6.45, 7) is 11.8. The van der Waals surface area contributed by atoms with Crippen molar-refractivity contribution in [2.24, 2.45) is 0 Å². The first kappa shape index (κ1) is 11.3. The number of nitrogens with one attached hydrogen (secondary N) is 1. The minimum atomic E-state index is 0.193. The normalized spacial score (nSPS) is 11.8. The van der Waals surface area contributed by atoms with Gasteiger partial charge >= 0.3 is 0 Å². The lowest BCUT2D eigenvalue weighted by Crippen LogP contribution is -2.35. The Morgan fingerprint density at radius 3 is 2.21 bits per heavy atom. The van der Waals surface area contributed by atoms with E-state index in [1.165, 1.54) is 16.7 Å². The van der Waals surface area contributed by atoms with E-state index in [4.69, 9.17) is 0 Å². The van der Waals surface area contributed by atoms with Gasteiger partial charge in [-0.05, 0) is 51.3 Å². The molecule has 0 saturated heterocycles. The maximum Gasteiger partial charge on any atom is 0.0210 e. The number of hydrogen-bond donors (Lipinski definition) is 1. The second-order valence-electron chi connectivity index (χ2n) is 5.02. The zero-order chi connectivity index (χ0) is 10.8. The van der Waals surface area contributed by atoms with Crippen molar-refractivity contribution in [2.75, 3.05) is 0 Å². The molecule has 0 aliphatic carbocycles. The molecular weight excluding hydrogens is 170 g/mol. The molecule has 78 valence electrons. The SMILES string of the molecule is Cc1ccc(CNC(C)(C)C)cc1C. The van der Waals surface area contributed by atoms with E-state index < -0.39 is 0 Å². The van der Waals surface area contributed by atoms with Gasteiger partial charge in [-0.3, -0.25) is 0 Å². The van der Waals surface area contributed by atoms with Crippen molar-refractivity contribution in [3.05, 3.63) is 34.9 Å². The maximum absolute atomic E-state index is 3.48. The Kier molecular flexibility index (Phi) is 3.33. The van der Waals surface area contributed by atoms with E-state index in [1.54, 1.807) is 0 Å². The monoisotopic (exact) mass is 191 g/mol. The molecule has 0 atom stereocenters. The molecule has 0 fully saturated rings. The second-order valence-corrected chi connectivity index (χ2v) is 5.02. The number of benzene rings is 1. The van der Waals surface area contributed by atoms with Crippen LogP contribution in [0.3, 0.4) is 0 Å². The van der Waals surface area contributed by atoms with Gasteiger partial charge in [0.1, 0.15) is 0 Å². The lowest BCUT2D eigenvalue weighted by Gasteiger charge is -2.20. The highest BCUT2D eigenvalue weighted by Gasteiger charge is 2.08. The summed E-state index contributed by atoms with van der Waals surface area (Å²) in [4.78, 5) is 0. The van der Waals surface area contributed by atoms with Crippen LogP contribution in [0.4, 0.5) is 0 Å². The lowest BCUT2D eigenvalue weighted by atomic mass is 10.0. The molecule has 1 aromatic rings. The van der Waals surface area contributed by atoms with Crippen LogP contribution in [-0.4, -0.2) is 5.54 Å². The fourth-order valence-corrected chi connectivity index (χ4v) is 1.28. The Balaban J connectivity index is 2.65. The maximum atomic E-state index is 3.48. The molecule has 0 amide bonds. The van der Waals surface area contributed by atoms with E-state index in [0.29, 0.717) is 0 Å². The van der Waals surface area contributed by atoms with Crippen LogP contribution < -0.4 is 5.32 Å². The molecular formula is C13H21N. The summed E-state index contributed by atoms with van der Waals surface area (Å²) in [7, 11) is 0. The van der Waals surface area contributed by atoms with Crippen molar-refractivity contribution >= 4 is 0 Å². The molecule has 0 radical (unpaired) electrons. The summed E-state index contributed by atoms with van der Waals surface area (Å²) in [5, 5.41) is 3.48. The number of rotatable bonds is 2. The molecule has 0 aliphatic heterocycles. The van der Waals surface area contributed by atoms with Crippen LogP contribution in [0, 0.1) is 13.8 Å². The van der Waals surface area contributed by atoms with E-state index in [-0.39, 0.29) is 5.54 Å². The molecule has 0 heterocycles. The average molecular weight is 191 g/mol. The van der Waals surface area contributed by atoms with Gasteiger partial charge in [-0.15, -0.1) is 0 Å². The van der Waals surface area contributed by atoms with Crippen molar-refractivity contribution in [2.45, 2.75) is 46.7 Å². The van der Waals surface area contributed by atoms with Gasteiger partial charge in [0.15, 0.2) is 0 Å². The number of hydrogen-bond acceptors (Lipinski definition) is 1. The number of aryl methyl sites for hydroxylation is 2. The molecule has 1 aromatic carbocycles. The molecule has 1 N–H and O–H groups in total. The van der Waals surface area contributed by atoms with Crippen molar-refractivity contribution < 1.29 is 0 Å². The summed E-state index contributed by atoms with van der Waals surface area (Å²) in [6, 6.07) is 6.64. The predicted molar refractivity (Wildman–Crippen MR) is 62.5 cm³/mol. The van der Waals surface area contributed by atoms with E-state index >= 15 is 0 Å². The first-order valence-electron chi connectivity index (χ1n) is 5.20. The van der Waals surface area contributed by atoms with Crippen molar-refractivity contribution in [1.82, 2.24) is 5.32 Å². The standard InChI is InChI=1S/C13H21N/c1-10-6-7-12(8-11(10)2)9-14-13(3,4)5/h6-8,14H,9H2,1-5H3. The minimum Gasteiger partial charge on any atom is -0.308 e. The molecule has 1 heteroatoms. The fraction of sp³-hybridized carbons (Fsp3) is 0.538. The lowest BCUT2D eigenvalue weighted by molar-refractivity contribution is 0.424. The smallest absolute Gasteiger partial charge is 0.0210 e. The Bertz CT molecular complexity index is 308. The second kappa shape index (κ2) is 4.14. The topological polar surface area (TPSA) is 12.0 Å². The van der Waals surface area contributed by atoms with Crippen LogP contribution >= 0.6 is 0 Å². The van der Waals surface area contributed by atoms with Crippen LogP contribution in [0.25, 0.3) is 0 Å². The quantitative estimate of drug-likeness (QED) is 0.757. The van der Waals surface area contributed by atoms with Crippen molar-refractivity contribution in [1.29, 1.82) is 0 Å². The summed E-state index contributed by atoms with van der Waals surface area (Å²) >= 11 is 0. The van der Waals surface area contributed by atoms with Gasteiger partial charge in [0, 0.05) is 12.1 Å². The molecule has 0 spiro atoms. The van der Waals surface area contributed by atoms with Crippen LogP contribution in [0.1, 0.15) is 37.5 Å². The highest BCUT2D eigenvalue weighted by Crippen LogP contribution is 2.10. The molecule has 0 aromatic heterocycles. The molecule has 1 nitrogen and oxygen atoms in total. The van der Waals surface area contributed by atoms with Crippen LogP contribution in [0.5, 0.6) is 0 Å². The van der Waals surface area contributed by atoms with Gasteiger partial charge in [0.2, 0.25) is 0 Å². The largest absolute Gasteiger partial charge is 0.308 e. The Hall–Kier alpha value is -0.820. The average Bonchev–Trinajstić information content (AvgIpc) is 2.06. The zero-order valence-corrected chi connectivity index (χ0v) is 9.94. The Labute approximate surface area is 87.5 Å². The highest BCUT2D eigenvalue weighted by atomic mass is 14.9. The Morgan fingerprint density at radius 1 is 1.07 bits per heavy atom. The molecule has 0 saturated carbocycles. The van der Waals surface area contributed by atoms with E-state index in [9.17, 15) is 0 Å². The van der Waals surface area contributed by atoms with E-state index in [2.05, 4.69) is 58.1 Å². The van der Waals surface area contributed by atoms with Crippen molar-refractivity contribution in [3.63, 3.8) is 0 Å². The van der Waals surface area contributed by atoms with Crippen LogP contribution in [0.15, 0.2) is 18.2 Å². The van der Waals surface area contributed by atoms with Gasteiger partial charge < -0.3 is 5.32 Å². The molecule has 0 bridgehead atoms. The molecule has 0 aliphatic rings. The van der Waals surface area contributed by atoms with Crippen LogP contribution in [-0.2, 0) is 6.54 Å². The molecule has 0 unspecified atom stereocenters. The predicted octanol–water partition coefficient (Wildman–Crippen LogP) is 3.19. The third-order valence-corrected chi connectivity index (χ3v) is 2.39. The first-order chi connectivity index (χ1) is 6.38. The first-order valence-corrected chi connectivity index (χ1v) is 5.20. The van der Waals surface area contributed by atoms with E-state index in [0.717, 1.165) is 6.54 Å². The Morgan fingerprint density at radius 2 is 1.71 bits per heavy atom. The van der Waals surface area contributed by atoms with Crippen LogP contribution in [0.2, 0.25) is 0 Å². The summed E-state index contributed by atoms with van der Waals surface area (Å²) in [5.74, 6) is 0. The van der Waals surface area contributed by atoms with Crippen molar-refractivity contribution in [3.8, 4) is 0 Å². The van der Waals surface area contributed by atoms with E-state index in [1.807, 2.05) is 0 Å². The highest BCUT2D eigenvalue weighted by molar-refractivity contribution is 5.29. The summed E-state index contributed by atoms with van der Waals surface area (Å²) < 4.78 is 0. The van der Waals surface area contributed by atoms with Gasteiger partial charge in [-0.2, -0.15) is 0 Å². The molecule has 14 heavy (non-hydrogen) atoms. The summed E-state index contributed by atoms with van der Waals surface area (Å²) in [6.07, 6.45) is 0. The zero-order valence-electron chi connectivity index (χ0n) is 9.94. The van der Waals surface area contributed by atoms with Gasteiger partial charge in [0.05, 0.1) is 0 Å². The third-order valence-electron chi connectivity index (χ3n) is 2.39. The third kappa shape index (κ3) is 3.51. The molecule has 1 rings (SSSR count).